The van der Waals surface area contributed by atoms with Gasteiger partial charge in [-0.05, 0) is 18.4 Å². The number of nitrogens with zero attached hydrogens (tertiary/aromatic N) is 2. The summed E-state index contributed by atoms with van der Waals surface area (Å²) in [6.45, 7) is 4.16. The number of rotatable bonds is 3. The second kappa shape index (κ2) is 4.39. The molecule has 17 heavy (non-hydrogen) atoms. The number of fused-ring (bicyclic) bond motifs is 3. The lowest BCUT2D eigenvalue weighted by Crippen LogP contribution is -2.48. The zero-order chi connectivity index (χ0) is 11.7. The van der Waals surface area contributed by atoms with Gasteiger partial charge in [-0.15, -0.1) is 5.53 Å². The first-order valence-electron chi connectivity index (χ1n) is 6.25. The minimum atomic E-state index is 0.978. The molecule has 0 spiro atoms. The molecule has 0 aromatic heterocycles. The van der Waals surface area contributed by atoms with Crippen molar-refractivity contribution in [2.75, 3.05) is 13.1 Å². The van der Waals surface area contributed by atoms with E-state index in [1.165, 1.54) is 16.8 Å². The summed E-state index contributed by atoms with van der Waals surface area (Å²) in [5, 5.41) is 4.16. The lowest BCUT2D eigenvalue weighted by atomic mass is 9.98. The van der Waals surface area contributed by atoms with Gasteiger partial charge >= 0.3 is 0 Å². The Labute approximate surface area is 102 Å². The van der Waals surface area contributed by atoms with E-state index in [1.807, 2.05) is 5.12 Å². The van der Waals surface area contributed by atoms with Gasteiger partial charge in [0.2, 0.25) is 0 Å². The molecule has 0 aliphatic carbocycles. The van der Waals surface area contributed by atoms with Gasteiger partial charge < -0.3 is 0 Å². The minimum absolute atomic E-state index is 0.978. The van der Waals surface area contributed by atoms with Gasteiger partial charge in [-0.1, -0.05) is 31.2 Å². The molecule has 1 aromatic rings. The molecule has 1 aromatic carbocycles. The van der Waals surface area contributed by atoms with Crippen LogP contribution in [0.15, 0.2) is 30.5 Å². The molecule has 2 N–H and O–H groups in total. The van der Waals surface area contributed by atoms with E-state index < -0.39 is 0 Å². The van der Waals surface area contributed by atoms with Crippen molar-refractivity contribution in [3.8, 4) is 0 Å². The Bertz CT molecular complexity index is 441. The number of nitrogens with one attached hydrogen (secondary N) is 2. The fraction of sp³-hybridized carbons (Fsp3) is 0.385. The summed E-state index contributed by atoms with van der Waals surface area (Å²) in [4.78, 5) is 0. The summed E-state index contributed by atoms with van der Waals surface area (Å²) in [6.07, 6.45) is 4.35. The molecule has 4 heteroatoms. The van der Waals surface area contributed by atoms with E-state index in [4.69, 9.17) is 0 Å². The van der Waals surface area contributed by atoms with E-state index in [2.05, 4.69) is 53.4 Å². The highest BCUT2D eigenvalue weighted by molar-refractivity contribution is 5.69. The van der Waals surface area contributed by atoms with Gasteiger partial charge in [0.25, 0.3) is 0 Å². The number of hydrogen-bond donors (Lipinski definition) is 2. The van der Waals surface area contributed by atoms with Crippen molar-refractivity contribution in [1.29, 1.82) is 0 Å². The van der Waals surface area contributed by atoms with Crippen molar-refractivity contribution in [3.63, 3.8) is 0 Å². The van der Waals surface area contributed by atoms with Gasteiger partial charge in [-0.2, -0.15) is 0 Å². The fourth-order valence-electron chi connectivity index (χ4n) is 2.32. The van der Waals surface area contributed by atoms with Crippen LogP contribution < -0.4 is 11.0 Å². The van der Waals surface area contributed by atoms with E-state index in [0.717, 1.165) is 25.9 Å². The van der Waals surface area contributed by atoms with Crippen LogP contribution in [0.5, 0.6) is 0 Å². The molecule has 2 aliphatic heterocycles. The highest BCUT2D eigenvalue weighted by Crippen LogP contribution is 2.29. The summed E-state index contributed by atoms with van der Waals surface area (Å²) >= 11 is 0. The summed E-state index contributed by atoms with van der Waals surface area (Å²) in [7, 11) is 0. The van der Waals surface area contributed by atoms with Crippen molar-refractivity contribution in [2.45, 2.75) is 19.8 Å². The molecule has 90 valence electrons. The Morgan fingerprint density at radius 3 is 3.12 bits per heavy atom. The average Bonchev–Trinajstić information content (AvgIpc) is 2.79. The molecule has 0 saturated carbocycles. The summed E-state index contributed by atoms with van der Waals surface area (Å²) < 4.78 is 0. The molecule has 0 bridgehead atoms. The van der Waals surface area contributed by atoms with Crippen LogP contribution in [-0.4, -0.2) is 23.2 Å². The molecule has 0 saturated heterocycles. The standard InChI is InChI=1S/C13H18N4/c1-2-8-14-17-10-13-12-6-4-3-5-11(12)7-9-16(13)15-17/h3-6,10,14-15H,2,7-9H2,1H3. The van der Waals surface area contributed by atoms with Crippen molar-refractivity contribution in [2.24, 2.45) is 0 Å². The van der Waals surface area contributed by atoms with Gasteiger partial charge in [0.1, 0.15) is 0 Å². The third kappa shape index (κ3) is 1.90. The van der Waals surface area contributed by atoms with Crippen LogP contribution in [0, 0.1) is 0 Å². The second-order valence-electron chi connectivity index (χ2n) is 4.45. The predicted octanol–water partition coefficient (Wildman–Crippen LogP) is 1.49. The topological polar surface area (TPSA) is 30.5 Å². The van der Waals surface area contributed by atoms with Crippen LogP contribution >= 0.6 is 0 Å². The Morgan fingerprint density at radius 1 is 1.35 bits per heavy atom. The van der Waals surface area contributed by atoms with Gasteiger partial charge in [0.05, 0.1) is 11.9 Å². The monoisotopic (exact) mass is 230 g/mol. The molecule has 0 radical (unpaired) electrons. The fourth-order valence-corrected chi connectivity index (χ4v) is 2.32. The third-order valence-corrected chi connectivity index (χ3v) is 3.20. The molecule has 0 fully saturated rings. The number of hydrogen-bond acceptors (Lipinski definition) is 4. The highest BCUT2D eigenvalue weighted by atomic mass is 15.9. The van der Waals surface area contributed by atoms with Crippen LogP contribution in [0.25, 0.3) is 5.70 Å². The normalized spacial score (nSPS) is 17.8. The molecule has 0 amide bonds. The molecule has 2 aliphatic rings. The summed E-state index contributed by atoms with van der Waals surface area (Å²) in [5.41, 5.74) is 10.7. The lowest BCUT2D eigenvalue weighted by Gasteiger charge is -2.29. The molecular weight excluding hydrogens is 212 g/mol. The SMILES string of the molecule is CCCNN1C=C2c3ccccc3CCN2N1. The second-order valence-corrected chi connectivity index (χ2v) is 4.45. The van der Waals surface area contributed by atoms with Crippen molar-refractivity contribution in [1.82, 2.24) is 21.1 Å². The first-order valence-corrected chi connectivity index (χ1v) is 6.25. The minimum Gasteiger partial charge on any atom is -0.287 e. The van der Waals surface area contributed by atoms with Crippen LogP contribution in [0.1, 0.15) is 24.5 Å². The summed E-state index contributed by atoms with van der Waals surface area (Å²) in [5.74, 6) is 0. The average molecular weight is 230 g/mol. The quantitative estimate of drug-likeness (QED) is 0.823. The third-order valence-electron chi connectivity index (χ3n) is 3.20. The van der Waals surface area contributed by atoms with Gasteiger partial charge in [0.15, 0.2) is 0 Å². The van der Waals surface area contributed by atoms with Crippen molar-refractivity contribution in [3.05, 3.63) is 41.6 Å². The van der Waals surface area contributed by atoms with Gasteiger partial charge in [0, 0.05) is 18.7 Å². The maximum absolute atomic E-state index is 3.33. The Balaban J connectivity index is 1.85. The Morgan fingerprint density at radius 2 is 2.24 bits per heavy atom. The molecule has 4 nitrogen and oxygen atoms in total. The van der Waals surface area contributed by atoms with Gasteiger partial charge in [-0.25, -0.2) is 10.5 Å². The predicted molar refractivity (Wildman–Crippen MR) is 68.1 cm³/mol. The first kappa shape index (κ1) is 10.6. The van der Waals surface area contributed by atoms with E-state index in [0.29, 0.717) is 0 Å². The van der Waals surface area contributed by atoms with Gasteiger partial charge in [-0.3, -0.25) is 5.01 Å². The maximum atomic E-state index is 3.33. The molecular formula is C13H18N4. The van der Waals surface area contributed by atoms with Crippen molar-refractivity contribution < 1.29 is 0 Å². The van der Waals surface area contributed by atoms with E-state index in [1.54, 1.807) is 0 Å². The van der Waals surface area contributed by atoms with Crippen molar-refractivity contribution >= 4 is 5.70 Å². The van der Waals surface area contributed by atoms with E-state index >= 15 is 0 Å². The lowest BCUT2D eigenvalue weighted by molar-refractivity contribution is 0.0944. The zero-order valence-electron chi connectivity index (χ0n) is 10.1. The number of hydrazine groups is 3. The van der Waals surface area contributed by atoms with E-state index in [-0.39, 0.29) is 0 Å². The van der Waals surface area contributed by atoms with Crippen LogP contribution in [0.3, 0.4) is 0 Å². The highest BCUT2D eigenvalue weighted by Gasteiger charge is 2.26. The Hall–Kier alpha value is -1.52. The largest absolute Gasteiger partial charge is 0.287 e. The van der Waals surface area contributed by atoms with Crippen LogP contribution in [-0.2, 0) is 6.42 Å². The van der Waals surface area contributed by atoms with Crippen LogP contribution in [0.4, 0.5) is 0 Å². The maximum Gasteiger partial charge on any atom is 0.0804 e. The molecule has 0 atom stereocenters. The Kier molecular flexibility index (Phi) is 2.74. The number of benzene rings is 1. The first-order chi connectivity index (χ1) is 8.38. The zero-order valence-corrected chi connectivity index (χ0v) is 10.1. The molecule has 0 unspecified atom stereocenters. The van der Waals surface area contributed by atoms with Crippen LogP contribution in [0.2, 0.25) is 0 Å². The van der Waals surface area contributed by atoms with E-state index in [9.17, 15) is 0 Å². The smallest absolute Gasteiger partial charge is 0.0804 e. The molecule has 3 rings (SSSR count). The molecule has 2 heterocycles. The summed E-state index contributed by atoms with van der Waals surface area (Å²) in [6, 6.07) is 8.63.